The third-order valence-corrected chi connectivity index (χ3v) is 6.02. The van der Waals surface area contributed by atoms with Crippen molar-refractivity contribution < 1.29 is 8.42 Å². The number of aryl methyl sites for hydroxylation is 1. The summed E-state index contributed by atoms with van der Waals surface area (Å²) in [5.41, 5.74) is 4.63. The van der Waals surface area contributed by atoms with Crippen LogP contribution in [0.1, 0.15) is 43.3 Å². The van der Waals surface area contributed by atoms with E-state index in [-0.39, 0.29) is 17.5 Å². The zero-order chi connectivity index (χ0) is 16.5. The van der Waals surface area contributed by atoms with E-state index in [1.165, 1.54) is 11.1 Å². The molecule has 0 amide bonds. The predicted molar refractivity (Wildman–Crippen MR) is 89.8 cm³/mol. The monoisotopic (exact) mass is 325 g/mol. The van der Waals surface area contributed by atoms with E-state index in [0.29, 0.717) is 6.42 Å². The minimum Gasteiger partial charge on any atom is -0.298 e. The van der Waals surface area contributed by atoms with Crippen molar-refractivity contribution in [1.82, 2.24) is 14.7 Å². The fourth-order valence-corrected chi connectivity index (χ4v) is 4.61. The van der Waals surface area contributed by atoms with Crippen LogP contribution in [-0.4, -0.2) is 48.2 Å². The molecule has 1 aromatic rings. The molecule has 0 N–H and O–H groups in total. The molecule has 0 aliphatic carbocycles. The van der Waals surface area contributed by atoms with Crippen LogP contribution in [0.15, 0.2) is 11.6 Å². The molecule has 1 saturated heterocycles. The van der Waals surface area contributed by atoms with Gasteiger partial charge in [0.1, 0.15) is 0 Å². The second-order valence-corrected chi connectivity index (χ2v) is 8.86. The highest BCUT2D eigenvalue weighted by Gasteiger charge is 2.31. The Morgan fingerprint density at radius 3 is 2.64 bits per heavy atom. The smallest absolute Gasteiger partial charge is 0.152 e. The van der Waals surface area contributed by atoms with E-state index in [4.69, 9.17) is 0 Å². The van der Waals surface area contributed by atoms with Gasteiger partial charge < -0.3 is 0 Å². The van der Waals surface area contributed by atoms with E-state index in [1.807, 2.05) is 11.6 Å². The topological polar surface area (TPSA) is 55.2 Å². The lowest BCUT2D eigenvalue weighted by Crippen LogP contribution is -2.19. The van der Waals surface area contributed by atoms with E-state index >= 15 is 0 Å². The van der Waals surface area contributed by atoms with Gasteiger partial charge in [-0.1, -0.05) is 11.6 Å². The molecule has 0 radical (unpaired) electrons. The zero-order valence-corrected chi connectivity index (χ0v) is 15.1. The van der Waals surface area contributed by atoms with Gasteiger partial charge in [0.15, 0.2) is 9.84 Å². The average Bonchev–Trinajstić information content (AvgIpc) is 2.90. The second-order valence-electron chi connectivity index (χ2n) is 6.63. The number of hydrogen-bond donors (Lipinski definition) is 0. The lowest BCUT2D eigenvalue weighted by molar-refractivity contribution is 0.360. The van der Waals surface area contributed by atoms with Gasteiger partial charge in [-0.05, 0) is 41.2 Å². The number of sulfone groups is 1. The summed E-state index contributed by atoms with van der Waals surface area (Å²) in [5, 5.41) is 4.62. The summed E-state index contributed by atoms with van der Waals surface area (Å²) >= 11 is 0. The van der Waals surface area contributed by atoms with Crippen molar-refractivity contribution >= 4 is 9.84 Å². The fourth-order valence-electron chi connectivity index (χ4n) is 2.92. The standard InChI is InChI=1S/C16H27N3O2S/c1-12(2)6-8-18(5)10-16-13(3)17-19(14(16)4)15-7-9-22(20,21)11-15/h6,15H,7-11H2,1-5H3/t15-/m1/s1. The molecule has 22 heavy (non-hydrogen) atoms. The Kier molecular flexibility index (Phi) is 5.12. The van der Waals surface area contributed by atoms with E-state index in [2.05, 4.69) is 43.9 Å². The summed E-state index contributed by atoms with van der Waals surface area (Å²) < 4.78 is 25.3. The van der Waals surface area contributed by atoms with Gasteiger partial charge in [0, 0.05) is 24.3 Å². The maximum absolute atomic E-state index is 11.7. The van der Waals surface area contributed by atoms with Crippen LogP contribution >= 0.6 is 0 Å². The molecule has 1 atom stereocenters. The number of likely N-dealkylation sites (N-methyl/N-ethyl adjacent to an activating group) is 1. The van der Waals surface area contributed by atoms with Crippen molar-refractivity contribution in [3.8, 4) is 0 Å². The van der Waals surface area contributed by atoms with Gasteiger partial charge in [-0.25, -0.2) is 8.42 Å². The molecule has 5 nitrogen and oxygen atoms in total. The Bertz CT molecular complexity index is 670. The molecule has 124 valence electrons. The van der Waals surface area contributed by atoms with Crippen molar-refractivity contribution in [3.05, 3.63) is 28.6 Å². The highest BCUT2D eigenvalue weighted by atomic mass is 32.2. The predicted octanol–water partition coefficient (Wildman–Crippen LogP) is 2.26. The quantitative estimate of drug-likeness (QED) is 0.779. The van der Waals surface area contributed by atoms with E-state index in [0.717, 1.165) is 24.5 Å². The summed E-state index contributed by atoms with van der Waals surface area (Å²) in [4.78, 5) is 2.25. The molecule has 1 aliphatic heterocycles. The zero-order valence-electron chi connectivity index (χ0n) is 14.3. The van der Waals surface area contributed by atoms with Crippen molar-refractivity contribution in [2.75, 3.05) is 25.1 Å². The maximum atomic E-state index is 11.7. The molecule has 1 fully saturated rings. The number of aromatic nitrogens is 2. The number of rotatable bonds is 5. The van der Waals surface area contributed by atoms with E-state index in [1.54, 1.807) is 0 Å². The first-order valence-electron chi connectivity index (χ1n) is 7.76. The summed E-state index contributed by atoms with van der Waals surface area (Å²) in [5.74, 6) is 0.508. The molecular formula is C16H27N3O2S. The Hall–Kier alpha value is -1.14. The lowest BCUT2D eigenvalue weighted by Gasteiger charge is -2.16. The number of nitrogens with zero attached hydrogens (tertiary/aromatic N) is 3. The van der Waals surface area contributed by atoms with Gasteiger partial charge in [-0.2, -0.15) is 5.10 Å². The Morgan fingerprint density at radius 1 is 1.41 bits per heavy atom. The summed E-state index contributed by atoms with van der Waals surface area (Å²) in [7, 11) is -0.791. The minimum absolute atomic E-state index is 0.000498. The largest absolute Gasteiger partial charge is 0.298 e. The van der Waals surface area contributed by atoms with Crippen LogP contribution < -0.4 is 0 Å². The normalized spacial score (nSPS) is 20.5. The molecule has 0 unspecified atom stereocenters. The molecule has 2 heterocycles. The molecular weight excluding hydrogens is 298 g/mol. The molecule has 0 aromatic carbocycles. The molecule has 0 spiro atoms. The van der Waals surface area contributed by atoms with Crippen molar-refractivity contribution in [1.29, 1.82) is 0 Å². The fraction of sp³-hybridized carbons (Fsp3) is 0.688. The van der Waals surface area contributed by atoms with Gasteiger partial charge in [0.05, 0.1) is 23.2 Å². The Balaban J connectivity index is 2.16. The van der Waals surface area contributed by atoms with Gasteiger partial charge in [-0.3, -0.25) is 9.58 Å². The molecule has 1 aromatic heterocycles. The van der Waals surface area contributed by atoms with Crippen LogP contribution in [0.5, 0.6) is 0 Å². The van der Waals surface area contributed by atoms with Crippen molar-refractivity contribution in [2.45, 2.75) is 46.7 Å². The SMILES string of the molecule is CC(C)=CCN(C)Cc1c(C)nn([C@@H]2CCS(=O)(=O)C2)c1C. The first kappa shape index (κ1) is 17.2. The third kappa shape index (κ3) is 3.98. The summed E-state index contributed by atoms with van der Waals surface area (Å²) in [6.45, 7) is 10.0. The van der Waals surface area contributed by atoms with E-state index in [9.17, 15) is 8.42 Å². The second kappa shape index (κ2) is 6.54. The number of hydrogen-bond acceptors (Lipinski definition) is 4. The highest BCUT2D eigenvalue weighted by Crippen LogP contribution is 2.27. The highest BCUT2D eigenvalue weighted by molar-refractivity contribution is 7.91. The minimum atomic E-state index is -2.88. The van der Waals surface area contributed by atoms with Crippen LogP contribution in [0.4, 0.5) is 0 Å². The van der Waals surface area contributed by atoms with Crippen LogP contribution in [-0.2, 0) is 16.4 Å². The molecule has 0 bridgehead atoms. The number of allylic oxidation sites excluding steroid dienone is 1. The molecule has 6 heteroatoms. The van der Waals surface area contributed by atoms with Gasteiger partial charge >= 0.3 is 0 Å². The molecule has 2 rings (SSSR count). The average molecular weight is 325 g/mol. The third-order valence-electron chi connectivity index (χ3n) is 4.27. The van der Waals surface area contributed by atoms with Crippen LogP contribution in [0.2, 0.25) is 0 Å². The van der Waals surface area contributed by atoms with Gasteiger partial charge in [0.2, 0.25) is 0 Å². The van der Waals surface area contributed by atoms with Crippen LogP contribution in [0.25, 0.3) is 0 Å². The lowest BCUT2D eigenvalue weighted by atomic mass is 10.1. The first-order chi connectivity index (χ1) is 10.2. The summed E-state index contributed by atoms with van der Waals surface area (Å²) in [6, 6.07) is 0.000498. The van der Waals surface area contributed by atoms with Gasteiger partial charge in [-0.15, -0.1) is 0 Å². The van der Waals surface area contributed by atoms with Crippen molar-refractivity contribution in [2.24, 2.45) is 0 Å². The first-order valence-corrected chi connectivity index (χ1v) is 9.58. The summed E-state index contributed by atoms with van der Waals surface area (Å²) in [6.07, 6.45) is 2.88. The van der Waals surface area contributed by atoms with Gasteiger partial charge in [0.25, 0.3) is 0 Å². The van der Waals surface area contributed by atoms with E-state index < -0.39 is 9.84 Å². The Labute approximate surface area is 133 Å². The Morgan fingerprint density at radius 2 is 2.09 bits per heavy atom. The van der Waals surface area contributed by atoms with Crippen LogP contribution in [0.3, 0.4) is 0 Å². The maximum Gasteiger partial charge on any atom is 0.152 e. The van der Waals surface area contributed by atoms with Crippen LogP contribution in [0, 0.1) is 13.8 Å². The molecule has 0 saturated carbocycles. The molecule has 1 aliphatic rings. The van der Waals surface area contributed by atoms with Crippen molar-refractivity contribution in [3.63, 3.8) is 0 Å².